The molecule has 0 atom stereocenters. The number of hydrogen-bond acceptors (Lipinski definition) is 2. The lowest BCUT2D eigenvalue weighted by Crippen LogP contribution is -2.17. The van der Waals surface area contributed by atoms with E-state index in [-0.39, 0.29) is 23.7 Å². The van der Waals surface area contributed by atoms with Gasteiger partial charge in [-0.25, -0.2) is 0 Å². The summed E-state index contributed by atoms with van der Waals surface area (Å²) >= 11 is 0. The van der Waals surface area contributed by atoms with Crippen LogP contribution in [0.4, 0.5) is 11.4 Å². The van der Waals surface area contributed by atoms with Crippen LogP contribution in [0, 0.1) is 18.8 Å². The van der Waals surface area contributed by atoms with Crippen LogP contribution >= 0.6 is 0 Å². The van der Waals surface area contributed by atoms with Gasteiger partial charge in [-0.2, -0.15) is 0 Å². The third-order valence-electron chi connectivity index (χ3n) is 3.75. The molecule has 19 heavy (non-hydrogen) atoms. The molecular formula is C15H18N2O2. The van der Waals surface area contributed by atoms with Gasteiger partial charge in [0, 0.05) is 23.2 Å². The molecule has 0 aromatic heterocycles. The fourth-order valence-electron chi connectivity index (χ4n) is 2.07. The molecule has 0 bridgehead atoms. The van der Waals surface area contributed by atoms with Gasteiger partial charge in [-0.05, 0) is 50.3 Å². The van der Waals surface area contributed by atoms with Crippen LogP contribution in [-0.2, 0) is 9.59 Å². The molecule has 0 spiro atoms. The van der Waals surface area contributed by atoms with Gasteiger partial charge >= 0.3 is 0 Å². The van der Waals surface area contributed by atoms with E-state index in [1.54, 1.807) is 0 Å². The van der Waals surface area contributed by atoms with Crippen molar-refractivity contribution in [3.8, 4) is 0 Å². The first-order valence-electron chi connectivity index (χ1n) is 6.86. The van der Waals surface area contributed by atoms with E-state index in [0.29, 0.717) is 0 Å². The van der Waals surface area contributed by atoms with Gasteiger partial charge in [0.25, 0.3) is 0 Å². The Morgan fingerprint density at radius 3 is 1.74 bits per heavy atom. The lowest BCUT2D eigenvalue weighted by atomic mass is 10.1. The molecule has 100 valence electrons. The van der Waals surface area contributed by atoms with Gasteiger partial charge in [-0.3, -0.25) is 9.59 Å². The summed E-state index contributed by atoms with van der Waals surface area (Å²) in [6, 6.07) is 5.61. The second-order valence-corrected chi connectivity index (χ2v) is 5.51. The van der Waals surface area contributed by atoms with Crippen LogP contribution in [-0.4, -0.2) is 11.8 Å². The van der Waals surface area contributed by atoms with Gasteiger partial charge in [0.05, 0.1) is 0 Å². The molecular weight excluding hydrogens is 240 g/mol. The lowest BCUT2D eigenvalue weighted by Gasteiger charge is -2.13. The molecule has 2 aliphatic rings. The third-order valence-corrected chi connectivity index (χ3v) is 3.75. The van der Waals surface area contributed by atoms with Crippen LogP contribution in [0.2, 0.25) is 0 Å². The zero-order valence-electron chi connectivity index (χ0n) is 11.0. The summed E-state index contributed by atoms with van der Waals surface area (Å²) in [5, 5.41) is 5.88. The first-order chi connectivity index (χ1) is 9.15. The molecule has 4 heteroatoms. The van der Waals surface area contributed by atoms with Crippen molar-refractivity contribution in [3.05, 3.63) is 23.8 Å². The largest absolute Gasteiger partial charge is 0.326 e. The molecule has 0 radical (unpaired) electrons. The van der Waals surface area contributed by atoms with E-state index < -0.39 is 0 Å². The highest BCUT2D eigenvalue weighted by molar-refractivity contribution is 5.98. The van der Waals surface area contributed by atoms with Crippen LogP contribution in [0.5, 0.6) is 0 Å². The fraction of sp³-hybridized carbons (Fsp3) is 0.467. The predicted octanol–water partition coefficient (Wildman–Crippen LogP) is 2.69. The van der Waals surface area contributed by atoms with E-state index in [4.69, 9.17) is 0 Å². The number of benzene rings is 1. The second-order valence-electron chi connectivity index (χ2n) is 5.51. The first-order valence-corrected chi connectivity index (χ1v) is 6.86. The second kappa shape index (κ2) is 4.68. The SMILES string of the molecule is Cc1c(NC(=O)C2CC2)cccc1NC(=O)C1CC1. The molecule has 3 rings (SSSR count). The predicted molar refractivity (Wildman–Crippen MR) is 73.9 cm³/mol. The van der Waals surface area contributed by atoms with Gasteiger partial charge < -0.3 is 10.6 Å². The Kier molecular flexibility index (Phi) is 3.01. The summed E-state index contributed by atoms with van der Waals surface area (Å²) in [6.45, 7) is 1.92. The maximum atomic E-state index is 11.8. The maximum Gasteiger partial charge on any atom is 0.227 e. The van der Waals surface area contributed by atoms with E-state index in [1.807, 2.05) is 25.1 Å². The number of rotatable bonds is 4. The molecule has 2 fully saturated rings. The standard InChI is InChI=1S/C15H18N2O2/c1-9-12(16-14(18)10-5-6-10)3-2-4-13(9)17-15(19)11-7-8-11/h2-4,10-11H,5-8H2,1H3,(H,16,18)(H,17,19). The number of nitrogens with one attached hydrogen (secondary N) is 2. The van der Waals surface area contributed by atoms with Crippen LogP contribution < -0.4 is 10.6 Å². The Morgan fingerprint density at radius 2 is 1.37 bits per heavy atom. The Labute approximate surface area is 112 Å². The van der Waals surface area contributed by atoms with E-state index >= 15 is 0 Å². The smallest absolute Gasteiger partial charge is 0.227 e. The van der Waals surface area contributed by atoms with E-state index in [0.717, 1.165) is 42.6 Å². The highest BCUT2D eigenvalue weighted by Crippen LogP contribution is 2.33. The van der Waals surface area contributed by atoms with Crippen molar-refractivity contribution in [2.24, 2.45) is 11.8 Å². The van der Waals surface area contributed by atoms with Crippen molar-refractivity contribution in [1.29, 1.82) is 0 Å². The molecule has 2 saturated carbocycles. The molecule has 0 heterocycles. The van der Waals surface area contributed by atoms with Crippen molar-refractivity contribution in [1.82, 2.24) is 0 Å². The Bertz CT molecular complexity index is 487. The lowest BCUT2D eigenvalue weighted by molar-refractivity contribution is -0.118. The van der Waals surface area contributed by atoms with Crippen LogP contribution in [0.3, 0.4) is 0 Å². The van der Waals surface area contributed by atoms with E-state index in [2.05, 4.69) is 10.6 Å². The zero-order chi connectivity index (χ0) is 13.4. The normalized spacial score (nSPS) is 17.9. The van der Waals surface area contributed by atoms with Crippen LogP contribution in [0.25, 0.3) is 0 Å². The van der Waals surface area contributed by atoms with Crippen LogP contribution in [0.15, 0.2) is 18.2 Å². The average molecular weight is 258 g/mol. The fourth-order valence-corrected chi connectivity index (χ4v) is 2.07. The molecule has 1 aromatic carbocycles. The minimum absolute atomic E-state index is 0.0915. The average Bonchev–Trinajstić information content (AvgIpc) is 3.27. The van der Waals surface area contributed by atoms with Gasteiger partial charge in [0.15, 0.2) is 0 Å². The van der Waals surface area contributed by atoms with Crippen LogP contribution in [0.1, 0.15) is 31.2 Å². The van der Waals surface area contributed by atoms with E-state index in [1.165, 1.54) is 0 Å². The van der Waals surface area contributed by atoms with Gasteiger partial charge in [-0.15, -0.1) is 0 Å². The number of carbonyl (C=O) groups excluding carboxylic acids is 2. The topological polar surface area (TPSA) is 58.2 Å². The number of amides is 2. The monoisotopic (exact) mass is 258 g/mol. The van der Waals surface area contributed by atoms with Crippen molar-refractivity contribution in [3.63, 3.8) is 0 Å². The molecule has 2 aliphatic carbocycles. The van der Waals surface area contributed by atoms with Gasteiger partial charge in [0.2, 0.25) is 11.8 Å². The summed E-state index contributed by atoms with van der Waals surface area (Å²) in [6.07, 6.45) is 3.96. The quantitative estimate of drug-likeness (QED) is 0.872. The maximum absolute atomic E-state index is 11.8. The summed E-state index contributed by atoms with van der Waals surface area (Å²) in [4.78, 5) is 23.6. The van der Waals surface area contributed by atoms with Crippen molar-refractivity contribution in [2.75, 3.05) is 10.6 Å². The number of hydrogen-bond donors (Lipinski definition) is 2. The summed E-state index contributed by atoms with van der Waals surface area (Å²) in [5.41, 5.74) is 2.52. The Balaban J connectivity index is 1.73. The first kappa shape index (κ1) is 12.2. The molecule has 0 unspecified atom stereocenters. The number of carbonyl (C=O) groups is 2. The van der Waals surface area contributed by atoms with Crippen molar-refractivity contribution >= 4 is 23.2 Å². The molecule has 4 nitrogen and oxygen atoms in total. The minimum atomic E-state index is 0.0915. The van der Waals surface area contributed by atoms with Gasteiger partial charge in [0.1, 0.15) is 0 Å². The molecule has 1 aromatic rings. The van der Waals surface area contributed by atoms with Crippen molar-refractivity contribution in [2.45, 2.75) is 32.6 Å². The molecule has 0 aliphatic heterocycles. The Hall–Kier alpha value is -1.84. The summed E-state index contributed by atoms with van der Waals surface area (Å²) in [7, 11) is 0. The van der Waals surface area contributed by atoms with Crippen molar-refractivity contribution < 1.29 is 9.59 Å². The highest BCUT2D eigenvalue weighted by atomic mass is 16.2. The minimum Gasteiger partial charge on any atom is -0.326 e. The Morgan fingerprint density at radius 1 is 0.947 bits per heavy atom. The highest BCUT2D eigenvalue weighted by Gasteiger charge is 2.31. The summed E-state index contributed by atoms with van der Waals surface area (Å²) < 4.78 is 0. The third kappa shape index (κ3) is 2.78. The zero-order valence-corrected chi connectivity index (χ0v) is 11.0. The summed E-state index contributed by atoms with van der Waals surface area (Å²) in [5.74, 6) is 0.552. The molecule has 2 N–H and O–H groups in total. The van der Waals surface area contributed by atoms with Gasteiger partial charge in [-0.1, -0.05) is 6.07 Å². The number of anilines is 2. The molecule has 2 amide bonds. The molecule has 0 saturated heterocycles. The van der Waals surface area contributed by atoms with E-state index in [9.17, 15) is 9.59 Å².